The number of nitrogens with zero attached hydrogens (tertiary/aromatic N) is 1. The maximum Gasteiger partial charge on any atom is 0.255 e. The van der Waals surface area contributed by atoms with Crippen LogP contribution in [0.3, 0.4) is 0 Å². The van der Waals surface area contributed by atoms with Gasteiger partial charge < -0.3 is 21.3 Å². The summed E-state index contributed by atoms with van der Waals surface area (Å²) in [6, 6.07) is 26.5. The van der Waals surface area contributed by atoms with Crippen molar-refractivity contribution in [2.45, 2.75) is 0 Å². The Bertz CT molecular complexity index is 1790. The predicted octanol–water partition coefficient (Wildman–Crippen LogP) is 4.33. The lowest BCUT2D eigenvalue weighted by molar-refractivity contribution is -0.670. The molecule has 5 rings (SSSR count). The zero-order chi connectivity index (χ0) is 30.2. The van der Waals surface area contributed by atoms with Crippen molar-refractivity contribution >= 4 is 46.4 Å². The molecule has 212 valence electrons. The van der Waals surface area contributed by atoms with Crippen molar-refractivity contribution in [1.29, 1.82) is 0 Å². The molecule has 5 N–H and O–H groups in total. The molecule has 10 nitrogen and oxygen atoms in total. The largest absolute Gasteiger partial charge is 0.322 e. The van der Waals surface area contributed by atoms with E-state index in [2.05, 4.69) is 26.3 Å². The SMILES string of the molecule is C[n+]1cccc(NC(=O)c2ccc(NC(=O)c3cccc(C(=O)Nc4ccc(C(=O)Nc5ccc[nH+]c5)cc4)c3)cc2)c1. The van der Waals surface area contributed by atoms with E-state index in [9.17, 15) is 19.2 Å². The van der Waals surface area contributed by atoms with Crippen LogP contribution in [0.2, 0.25) is 0 Å². The van der Waals surface area contributed by atoms with Crippen LogP contribution >= 0.6 is 0 Å². The Morgan fingerprint density at radius 1 is 0.535 bits per heavy atom. The third-order valence-corrected chi connectivity index (χ3v) is 6.36. The number of anilines is 4. The van der Waals surface area contributed by atoms with Crippen molar-refractivity contribution in [3.63, 3.8) is 0 Å². The maximum atomic E-state index is 12.9. The van der Waals surface area contributed by atoms with Gasteiger partial charge in [-0.1, -0.05) is 6.07 Å². The van der Waals surface area contributed by atoms with Crippen LogP contribution in [0.5, 0.6) is 0 Å². The lowest BCUT2D eigenvalue weighted by Crippen LogP contribution is -2.27. The third kappa shape index (κ3) is 7.53. The number of hydrogen-bond donors (Lipinski definition) is 4. The molecule has 0 atom stereocenters. The van der Waals surface area contributed by atoms with Crippen LogP contribution in [0.4, 0.5) is 22.7 Å². The van der Waals surface area contributed by atoms with Gasteiger partial charge in [-0.25, -0.2) is 9.55 Å². The molecule has 0 radical (unpaired) electrons. The Hall–Kier alpha value is -6.16. The molecule has 0 aliphatic rings. The lowest BCUT2D eigenvalue weighted by atomic mass is 10.1. The van der Waals surface area contributed by atoms with Crippen molar-refractivity contribution < 1.29 is 28.7 Å². The number of carbonyl (C=O) groups is 4. The molecule has 0 saturated heterocycles. The Morgan fingerprint density at radius 2 is 1.02 bits per heavy atom. The zero-order valence-corrected chi connectivity index (χ0v) is 23.1. The molecule has 10 heteroatoms. The van der Waals surface area contributed by atoms with Crippen LogP contribution < -0.4 is 30.8 Å². The number of amides is 4. The summed E-state index contributed by atoms with van der Waals surface area (Å²) in [6.07, 6.45) is 7.07. The summed E-state index contributed by atoms with van der Waals surface area (Å²) in [4.78, 5) is 53.7. The van der Waals surface area contributed by atoms with Gasteiger partial charge in [0.15, 0.2) is 24.8 Å². The maximum absolute atomic E-state index is 12.9. The van der Waals surface area contributed by atoms with Crippen molar-refractivity contribution in [2.75, 3.05) is 21.3 Å². The first kappa shape index (κ1) is 28.4. The molecule has 0 unspecified atom stereocenters. The number of carbonyl (C=O) groups excluding carboxylic acids is 4. The summed E-state index contributed by atoms with van der Waals surface area (Å²) >= 11 is 0. The smallest absolute Gasteiger partial charge is 0.255 e. The van der Waals surface area contributed by atoms with Crippen molar-refractivity contribution in [2.24, 2.45) is 7.05 Å². The fraction of sp³-hybridized carbons (Fsp3) is 0.0303. The van der Waals surface area contributed by atoms with E-state index in [1.807, 2.05) is 23.9 Å². The molecule has 0 spiro atoms. The van der Waals surface area contributed by atoms with Gasteiger partial charge in [0.05, 0.1) is 0 Å². The minimum atomic E-state index is -0.408. The van der Waals surface area contributed by atoms with E-state index in [1.165, 1.54) is 6.07 Å². The highest BCUT2D eigenvalue weighted by atomic mass is 16.2. The highest BCUT2D eigenvalue weighted by Gasteiger charge is 2.14. The van der Waals surface area contributed by atoms with Gasteiger partial charge in [-0.2, -0.15) is 0 Å². The second kappa shape index (κ2) is 13.0. The molecule has 0 saturated carbocycles. The molecule has 0 bridgehead atoms. The Morgan fingerprint density at radius 3 is 1.53 bits per heavy atom. The summed E-state index contributed by atoms with van der Waals surface area (Å²) < 4.78 is 1.83. The summed E-state index contributed by atoms with van der Waals surface area (Å²) in [5.41, 5.74) is 3.73. The van der Waals surface area contributed by atoms with E-state index < -0.39 is 11.8 Å². The van der Waals surface area contributed by atoms with E-state index in [0.717, 1.165) is 0 Å². The number of benzene rings is 3. The van der Waals surface area contributed by atoms with Crippen LogP contribution in [0.25, 0.3) is 0 Å². The van der Waals surface area contributed by atoms with Gasteiger partial charge in [0.1, 0.15) is 18.4 Å². The number of aromatic amines is 1. The second-order valence-electron chi connectivity index (χ2n) is 9.60. The van der Waals surface area contributed by atoms with E-state index in [-0.39, 0.29) is 22.9 Å². The van der Waals surface area contributed by atoms with E-state index in [0.29, 0.717) is 33.9 Å². The van der Waals surface area contributed by atoms with Crippen LogP contribution in [0, 0.1) is 0 Å². The molecule has 5 aromatic rings. The summed E-state index contributed by atoms with van der Waals surface area (Å²) in [5, 5.41) is 11.2. The van der Waals surface area contributed by atoms with E-state index in [1.54, 1.807) is 104 Å². The lowest BCUT2D eigenvalue weighted by Gasteiger charge is -2.09. The van der Waals surface area contributed by atoms with Gasteiger partial charge in [0, 0.05) is 45.8 Å². The quantitative estimate of drug-likeness (QED) is 0.206. The minimum absolute atomic E-state index is 0.272. The van der Waals surface area contributed by atoms with Gasteiger partial charge in [-0.05, 0) is 78.9 Å². The Balaban J connectivity index is 1.17. The molecule has 43 heavy (non-hydrogen) atoms. The average Bonchev–Trinajstić information content (AvgIpc) is 3.02. The molecule has 2 aromatic heterocycles. The predicted molar refractivity (Wildman–Crippen MR) is 162 cm³/mol. The highest BCUT2D eigenvalue weighted by Crippen LogP contribution is 2.16. The summed E-state index contributed by atoms with van der Waals surface area (Å²) in [6.45, 7) is 0. The van der Waals surface area contributed by atoms with Crippen LogP contribution in [-0.2, 0) is 7.05 Å². The average molecular weight is 573 g/mol. The van der Waals surface area contributed by atoms with Crippen molar-refractivity contribution in [3.05, 3.63) is 144 Å². The number of nitrogens with one attached hydrogen (secondary N) is 5. The zero-order valence-electron chi connectivity index (χ0n) is 23.1. The van der Waals surface area contributed by atoms with Gasteiger partial charge in [-0.15, -0.1) is 0 Å². The van der Waals surface area contributed by atoms with Gasteiger partial charge in [0.25, 0.3) is 23.6 Å². The standard InChI is InChI=1S/C33H26N6O4/c1-39-18-4-8-29(21-39)38-31(41)23-11-15-27(16-12-23)36-33(43)25-6-2-5-24(19-25)32(42)35-26-13-9-22(10-14-26)30(40)37-28-7-3-17-34-20-28/h2-21H,1H3,(H3-,35,36,37,38,40,41,42,43)/p+2. The van der Waals surface area contributed by atoms with Crippen LogP contribution in [-0.4, -0.2) is 23.6 Å². The van der Waals surface area contributed by atoms with Gasteiger partial charge in [-0.3, -0.25) is 19.2 Å². The number of aryl methyl sites for hydroxylation is 1. The minimum Gasteiger partial charge on any atom is -0.322 e. The first-order valence-corrected chi connectivity index (χ1v) is 13.3. The van der Waals surface area contributed by atoms with Crippen LogP contribution in [0.15, 0.2) is 122 Å². The molecule has 2 heterocycles. The van der Waals surface area contributed by atoms with Crippen molar-refractivity contribution in [3.8, 4) is 0 Å². The summed E-state index contributed by atoms with van der Waals surface area (Å²) in [7, 11) is 1.86. The molecule has 4 amide bonds. The first-order valence-electron chi connectivity index (χ1n) is 13.3. The molecule has 0 aliphatic carbocycles. The molecular weight excluding hydrogens is 544 g/mol. The number of pyridine rings is 2. The number of rotatable bonds is 8. The Kier molecular flexibility index (Phi) is 8.58. The topological polar surface area (TPSA) is 134 Å². The van der Waals surface area contributed by atoms with Crippen molar-refractivity contribution in [1.82, 2.24) is 0 Å². The monoisotopic (exact) mass is 572 g/mol. The van der Waals surface area contributed by atoms with Gasteiger partial charge >= 0.3 is 0 Å². The fourth-order valence-corrected chi connectivity index (χ4v) is 4.16. The highest BCUT2D eigenvalue weighted by molar-refractivity contribution is 6.09. The van der Waals surface area contributed by atoms with E-state index in [4.69, 9.17) is 0 Å². The second-order valence-corrected chi connectivity index (χ2v) is 9.60. The van der Waals surface area contributed by atoms with Gasteiger partial charge in [0.2, 0.25) is 0 Å². The van der Waals surface area contributed by atoms with E-state index >= 15 is 0 Å². The Labute approximate surface area is 247 Å². The number of hydrogen-bond acceptors (Lipinski definition) is 4. The normalized spacial score (nSPS) is 10.3. The summed E-state index contributed by atoms with van der Waals surface area (Å²) in [5.74, 6) is -1.37. The van der Waals surface area contributed by atoms with Crippen LogP contribution in [0.1, 0.15) is 41.4 Å². The molecule has 0 aliphatic heterocycles. The number of aromatic nitrogens is 2. The number of H-pyrrole nitrogens is 1. The molecule has 0 fully saturated rings. The first-order chi connectivity index (χ1) is 20.8. The third-order valence-electron chi connectivity index (χ3n) is 6.36. The fourth-order valence-electron chi connectivity index (χ4n) is 4.16. The molecular formula is C33H28N6O4+2. The molecule has 3 aromatic carbocycles.